The van der Waals surface area contributed by atoms with Gasteiger partial charge in [-0.25, -0.2) is 0 Å². The van der Waals surface area contributed by atoms with Gasteiger partial charge < -0.3 is 14.5 Å². The third-order valence-corrected chi connectivity index (χ3v) is 4.29. The minimum atomic E-state index is 0.0458. The molecule has 2 aromatic carbocycles. The number of benzene rings is 2. The highest BCUT2D eigenvalue weighted by atomic mass is 16.5. The van der Waals surface area contributed by atoms with E-state index in [1.807, 2.05) is 60.3 Å². The van der Waals surface area contributed by atoms with E-state index in [0.717, 1.165) is 36.5 Å². The topological polar surface area (TPSA) is 32.8 Å². The largest absolute Gasteiger partial charge is 0.497 e. The Bertz CT molecular complexity index is 708. The predicted octanol–water partition coefficient (Wildman–Crippen LogP) is 3.35. The molecule has 1 heterocycles. The molecular formula is C19H22N2O2. The van der Waals surface area contributed by atoms with E-state index in [0.29, 0.717) is 5.56 Å². The van der Waals surface area contributed by atoms with Gasteiger partial charge in [-0.2, -0.15) is 0 Å². The number of nitrogens with zero attached hydrogens (tertiary/aromatic N) is 2. The van der Waals surface area contributed by atoms with Crippen LogP contribution in [-0.2, 0) is 6.42 Å². The van der Waals surface area contributed by atoms with Crippen LogP contribution in [0.2, 0.25) is 0 Å². The van der Waals surface area contributed by atoms with Crippen LogP contribution in [0.1, 0.15) is 22.3 Å². The second-order valence-corrected chi connectivity index (χ2v) is 6.00. The van der Waals surface area contributed by atoms with Gasteiger partial charge in [-0.3, -0.25) is 4.79 Å². The number of hydrogen-bond acceptors (Lipinski definition) is 3. The zero-order valence-electron chi connectivity index (χ0n) is 13.9. The molecule has 1 aliphatic rings. The van der Waals surface area contributed by atoms with Gasteiger partial charge in [0.15, 0.2) is 0 Å². The van der Waals surface area contributed by atoms with Crippen LogP contribution in [0.4, 0.5) is 11.4 Å². The lowest BCUT2D eigenvalue weighted by atomic mass is 10.0. The molecule has 4 heteroatoms. The van der Waals surface area contributed by atoms with Crippen LogP contribution >= 0.6 is 0 Å². The Labute approximate surface area is 137 Å². The van der Waals surface area contributed by atoms with Gasteiger partial charge in [0.25, 0.3) is 5.91 Å². The smallest absolute Gasteiger partial charge is 0.258 e. The summed E-state index contributed by atoms with van der Waals surface area (Å²) in [5.41, 5.74) is 3.97. The molecule has 2 aromatic rings. The number of carbonyl (C=O) groups excluding carboxylic acids is 1. The summed E-state index contributed by atoms with van der Waals surface area (Å²) in [5, 5.41) is 0. The summed E-state index contributed by atoms with van der Waals surface area (Å²) in [4.78, 5) is 16.8. The Balaban J connectivity index is 1.92. The Morgan fingerprint density at radius 1 is 1.13 bits per heavy atom. The zero-order chi connectivity index (χ0) is 16.4. The molecule has 0 radical (unpaired) electrons. The number of aryl methyl sites for hydroxylation is 1. The number of amides is 1. The summed E-state index contributed by atoms with van der Waals surface area (Å²) in [5.74, 6) is 0.830. The molecule has 0 unspecified atom stereocenters. The van der Waals surface area contributed by atoms with Crippen molar-refractivity contribution in [1.29, 1.82) is 0 Å². The first-order valence-electron chi connectivity index (χ1n) is 7.86. The quantitative estimate of drug-likeness (QED) is 0.871. The summed E-state index contributed by atoms with van der Waals surface area (Å²) in [6, 6.07) is 13.7. The van der Waals surface area contributed by atoms with E-state index in [1.54, 1.807) is 7.11 Å². The second kappa shape index (κ2) is 6.32. The van der Waals surface area contributed by atoms with Gasteiger partial charge in [-0.05, 0) is 48.7 Å². The first-order chi connectivity index (χ1) is 11.1. The molecular weight excluding hydrogens is 288 g/mol. The highest BCUT2D eigenvalue weighted by Gasteiger charge is 2.24. The number of hydrogen-bond donors (Lipinski definition) is 0. The van der Waals surface area contributed by atoms with Crippen molar-refractivity contribution in [2.75, 3.05) is 37.5 Å². The summed E-state index contributed by atoms with van der Waals surface area (Å²) in [6.07, 6.45) is 1.99. The molecule has 4 nitrogen and oxygen atoms in total. The summed E-state index contributed by atoms with van der Waals surface area (Å²) in [6.45, 7) is 0.744. The number of rotatable bonds is 3. The van der Waals surface area contributed by atoms with E-state index in [1.165, 1.54) is 5.56 Å². The summed E-state index contributed by atoms with van der Waals surface area (Å²) >= 11 is 0. The van der Waals surface area contributed by atoms with Gasteiger partial charge in [0.2, 0.25) is 0 Å². The van der Waals surface area contributed by atoms with Gasteiger partial charge in [-0.15, -0.1) is 0 Å². The zero-order valence-corrected chi connectivity index (χ0v) is 13.9. The minimum Gasteiger partial charge on any atom is -0.497 e. The molecule has 0 fully saturated rings. The lowest BCUT2D eigenvalue weighted by Crippen LogP contribution is -2.35. The molecule has 0 N–H and O–H groups in total. The van der Waals surface area contributed by atoms with Gasteiger partial charge in [-0.1, -0.05) is 6.07 Å². The molecule has 0 bridgehead atoms. The van der Waals surface area contributed by atoms with Crippen LogP contribution in [0, 0.1) is 0 Å². The average Bonchev–Trinajstić information content (AvgIpc) is 2.60. The van der Waals surface area contributed by atoms with E-state index in [9.17, 15) is 4.79 Å². The lowest BCUT2D eigenvalue weighted by Gasteiger charge is -2.30. The fourth-order valence-electron chi connectivity index (χ4n) is 2.95. The minimum absolute atomic E-state index is 0.0458. The maximum atomic E-state index is 12.9. The molecule has 3 rings (SSSR count). The van der Waals surface area contributed by atoms with Gasteiger partial charge >= 0.3 is 0 Å². The molecule has 1 aliphatic heterocycles. The standard InChI is InChI=1S/C19H22N2O2/c1-20(2)16-9-6-15(7-10-16)19(22)21-12-4-5-14-8-11-17(23-3)13-18(14)21/h6-11,13H,4-5,12H2,1-3H3. The Morgan fingerprint density at radius 3 is 2.52 bits per heavy atom. The number of ether oxygens (including phenoxy) is 1. The maximum Gasteiger partial charge on any atom is 0.258 e. The molecule has 0 aromatic heterocycles. The Kier molecular flexibility index (Phi) is 4.24. The van der Waals surface area contributed by atoms with E-state index in [2.05, 4.69) is 6.07 Å². The van der Waals surface area contributed by atoms with Crippen molar-refractivity contribution in [3.63, 3.8) is 0 Å². The SMILES string of the molecule is COc1ccc2c(c1)N(C(=O)c1ccc(N(C)C)cc1)CCC2. The van der Waals surface area contributed by atoms with Crippen LogP contribution in [0.25, 0.3) is 0 Å². The van der Waals surface area contributed by atoms with Crippen LogP contribution in [0.3, 0.4) is 0 Å². The van der Waals surface area contributed by atoms with Crippen molar-refractivity contribution in [2.24, 2.45) is 0 Å². The van der Waals surface area contributed by atoms with E-state index in [4.69, 9.17) is 4.74 Å². The van der Waals surface area contributed by atoms with E-state index in [-0.39, 0.29) is 5.91 Å². The van der Waals surface area contributed by atoms with E-state index < -0.39 is 0 Å². The van der Waals surface area contributed by atoms with Gasteiger partial charge in [0.05, 0.1) is 12.8 Å². The van der Waals surface area contributed by atoms with Crippen molar-refractivity contribution in [3.8, 4) is 5.75 Å². The first kappa shape index (κ1) is 15.4. The summed E-state index contributed by atoms with van der Waals surface area (Å²) < 4.78 is 5.31. The van der Waals surface area contributed by atoms with Crippen LogP contribution in [0.15, 0.2) is 42.5 Å². The Hall–Kier alpha value is -2.49. The van der Waals surface area contributed by atoms with Gasteiger partial charge in [0, 0.05) is 38.0 Å². The monoisotopic (exact) mass is 310 g/mol. The molecule has 0 atom stereocenters. The van der Waals surface area contributed by atoms with Crippen LogP contribution in [0.5, 0.6) is 5.75 Å². The number of anilines is 2. The van der Waals surface area contributed by atoms with Crippen LogP contribution < -0.4 is 14.5 Å². The van der Waals surface area contributed by atoms with Crippen molar-refractivity contribution < 1.29 is 9.53 Å². The Morgan fingerprint density at radius 2 is 1.87 bits per heavy atom. The molecule has 1 amide bonds. The number of methoxy groups -OCH3 is 1. The van der Waals surface area contributed by atoms with Crippen molar-refractivity contribution in [1.82, 2.24) is 0 Å². The van der Waals surface area contributed by atoms with Crippen LogP contribution in [-0.4, -0.2) is 33.7 Å². The molecule has 0 aliphatic carbocycles. The normalized spacial score (nSPS) is 13.4. The first-order valence-corrected chi connectivity index (χ1v) is 7.86. The van der Waals surface area contributed by atoms with Gasteiger partial charge in [0.1, 0.15) is 5.75 Å². The summed E-state index contributed by atoms with van der Waals surface area (Å²) in [7, 11) is 5.63. The molecule has 0 saturated heterocycles. The maximum absolute atomic E-state index is 12.9. The van der Waals surface area contributed by atoms with Crippen molar-refractivity contribution >= 4 is 17.3 Å². The number of carbonyl (C=O) groups is 1. The molecule has 0 saturated carbocycles. The number of fused-ring (bicyclic) bond motifs is 1. The highest BCUT2D eigenvalue weighted by molar-refractivity contribution is 6.07. The van der Waals surface area contributed by atoms with E-state index >= 15 is 0 Å². The highest BCUT2D eigenvalue weighted by Crippen LogP contribution is 2.32. The fraction of sp³-hybridized carbons (Fsp3) is 0.316. The lowest BCUT2D eigenvalue weighted by molar-refractivity contribution is 0.0985. The third kappa shape index (κ3) is 3.02. The second-order valence-electron chi connectivity index (χ2n) is 6.00. The fourth-order valence-corrected chi connectivity index (χ4v) is 2.95. The molecule has 0 spiro atoms. The molecule has 120 valence electrons. The van der Waals surface area contributed by atoms with Crippen molar-refractivity contribution in [2.45, 2.75) is 12.8 Å². The average molecular weight is 310 g/mol. The van der Waals surface area contributed by atoms with Crippen molar-refractivity contribution in [3.05, 3.63) is 53.6 Å². The third-order valence-electron chi connectivity index (χ3n) is 4.29. The molecule has 23 heavy (non-hydrogen) atoms. The predicted molar refractivity (Wildman–Crippen MR) is 93.8 cm³/mol.